The SMILES string of the molecule is O=C(NCCC(c1ccccc1)c1ccccc1)c1ccc(-c2cc(-c3ccc4c(c3)OCCO4)n[nH]2)cc1. The molecule has 5 aromatic rings. The van der Waals surface area contributed by atoms with E-state index in [4.69, 9.17) is 9.47 Å². The fourth-order valence-electron chi connectivity index (χ4n) is 4.95. The Kier molecular flexibility index (Phi) is 7.08. The summed E-state index contributed by atoms with van der Waals surface area (Å²) in [5.41, 5.74) is 6.71. The lowest BCUT2D eigenvalue weighted by atomic mass is 9.88. The van der Waals surface area contributed by atoms with Crippen molar-refractivity contribution in [3.8, 4) is 34.0 Å². The summed E-state index contributed by atoms with van der Waals surface area (Å²) in [5.74, 6) is 1.63. The van der Waals surface area contributed by atoms with Gasteiger partial charge in [-0.05, 0) is 59.5 Å². The first-order valence-corrected chi connectivity index (χ1v) is 13.2. The van der Waals surface area contributed by atoms with Crippen LogP contribution in [0.1, 0.15) is 33.8 Å². The number of amides is 1. The summed E-state index contributed by atoms with van der Waals surface area (Å²) in [7, 11) is 0. The van der Waals surface area contributed by atoms with Gasteiger partial charge in [0.1, 0.15) is 13.2 Å². The van der Waals surface area contributed by atoms with Crippen molar-refractivity contribution in [2.75, 3.05) is 19.8 Å². The lowest BCUT2D eigenvalue weighted by molar-refractivity contribution is 0.0953. The van der Waals surface area contributed by atoms with Crippen molar-refractivity contribution in [2.24, 2.45) is 0 Å². The van der Waals surface area contributed by atoms with Gasteiger partial charge in [-0.3, -0.25) is 9.89 Å². The number of fused-ring (bicyclic) bond motifs is 1. The highest BCUT2D eigenvalue weighted by Gasteiger charge is 2.16. The molecule has 1 aromatic heterocycles. The van der Waals surface area contributed by atoms with Gasteiger partial charge < -0.3 is 14.8 Å². The number of hydrogen-bond acceptors (Lipinski definition) is 4. The highest BCUT2D eigenvalue weighted by molar-refractivity contribution is 5.94. The molecule has 39 heavy (non-hydrogen) atoms. The first-order chi connectivity index (χ1) is 19.2. The Morgan fingerprint density at radius 1 is 0.769 bits per heavy atom. The van der Waals surface area contributed by atoms with Crippen molar-refractivity contribution in [1.29, 1.82) is 0 Å². The van der Waals surface area contributed by atoms with Crippen LogP contribution in [0.4, 0.5) is 0 Å². The van der Waals surface area contributed by atoms with Crippen LogP contribution in [0.25, 0.3) is 22.5 Å². The molecular formula is C33H29N3O3. The number of H-pyrrole nitrogens is 1. The molecule has 0 saturated carbocycles. The van der Waals surface area contributed by atoms with E-state index in [2.05, 4.69) is 64.0 Å². The smallest absolute Gasteiger partial charge is 0.251 e. The number of carbonyl (C=O) groups is 1. The normalized spacial score (nSPS) is 12.3. The molecule has 2 heterocycles. The van der Waals surface area contributed by atoms with Crippen molar-refractivity contribution >= 4 is 5.91 Å². The molecular weight excluding hydrogens is 486 g/mol. The Bertz CT molecular complexity index is 1510. The van der Waals surface area contributed by atoms with Gasteiger partial charge in [-0.2, -0.15) is 5.10 Å². The Labute approximate surface area is 227 Å². The number of aromatic amines is 1. The number of hydrogen-bond donors (Lipinski definition) is 2. The van der Waals surface area contributed by atoms with Gasteiger partial charge in [0, 0.05) is 23.6 Å². The summed E-state index contributed by atoms with van der Waals surface area (Å²) in [6.45, 7) is 1.69. The maximum absolute atomic E-state index is 12.9. The van der Waals surface area contributed by atoms with Gasteiger partial charge in [-0.15, -0.1) is 0 Å². The number of carbonyl (C=O) groups excluding carboxylic acids is 1. The molecule has 1 amide bonds. The molecule has 2 N–H and O–H groups in total. The van der Waals surface area contributed by atoms with E-state index in [0.717, 1.165) is 40.4 Å². The van der Waals surface area contributed by atoms with Crippen LogP contribution >= 0.6 is 0 Å². The quantitative estimate of drug-likeness (QED) is 0.248. The predicted octanol–water partition coefficient (Wildman–Crippen LogP) is 6.47. The molecule has 0 spiro atoms. The van der Waals surface area contributed by atoms with Gasteiger partial charge in [-0.25, -0.2) is 0 Å². The van der Waals surface area contributed by atoms with Gasteiger partial charge in [0.25, 0.3) is 5.91 Å². The maximum atomic E-state index is 12.9. The molecule has 194 valence electrons. The average Bonchev–Trinajstić information content (AvgIpc) is 3.50. The number of benzene rings is 4. The number of nitrogens with one attached hydrogen (secondary N) is 2. The average molecular weight is 516 g/mol. The van der Waals surface area contributed by atoms with Crippen LogP contribution in [0.5, 0.6) is 11.5 Å². The van der Waals surface area contributed by atoms with Gasteiger partial charge in [0.05, 0.1) is 11.4 Å². The molecule has 0 bridgehead atoms. The van der Waals surface area contributed by atoms with Gasteiger partial charge >= 0.3 is 0 Å². The molecule has 6 nitrogen and oxygen atoms in total. The third-order valence-electron chi connectivity index (χ3n) is 7.00. The molecule has 0 aliphatic carbocycles. The molecule has 0 fully saturated rings. The number of nitrogens with zero attached hydrogens (tertiary/aromatic N) is 1. The van der Waals surface area contributed by atoms with E-state index in [9.17, 15) is 4.79 Å². The summed E-state index contributed by atoms with van der Waals surface area (Å²) < 4.78 is 11.3. The first-order valence-electron chi connectivity index (χ1n) is 13.2. The largest absolute Gasteiger partial charge is 0.486 e. The zero-order chi connectivity index (χ0) is 26.4. The van der Waals surface area contributed by atoms with E-state index in [0.29, 0.717) is 25.3 Å². The summed E-state index contributed by atoms with van der Waals surface area (Å²) in [6, 6.07) is 36.3. The Hall–Kier alpha value is -4.84. The second-order valence-corrected chi connectivity index (χ2v) is 9.52. The summed E-state index contributed by atoms with van der Waals surface area (Å²) in [5, 5.41) is 10.7. The van der Waals surface area contributed by atoms with Crippen LogP contribution in [0.2, 0.25) is 0 Å². The van der Waals surface area contributed by atoms with Crippen LogP contribution in [-0.4, -0.2) is 35.9 Å². The molecule has 0 atom stereocenters. The molecule has 0 saturated heterocycles. The molecule has 6 heteroatoms. The van der Waals surface area contributed by atoms with E-state index in [1.807, 2.05) is 60.7 Å². The summed E-state index contributed by atoms with van der Waals surface area (Å²) in [6.07, 6.45) is 0.814. The molecule has 0 unspecified atom stereocenters. The van der Waals surface area contributed by atoms with E-state index >= 15 is 0 Å². The molecule has 0 radical (unpaired) electrons. The van der Waals surface area contributed by atoms with Gasteiger partial charge in [-0.1, -0.05) is 72.8 Å². The predicted molar refractivity (Wildman–Crippen MR) is 152 cm³/mol. The molecule has 4 aromatic carbocycles. The Balaban J connectivity index is 1.09. The van der Waals surface area contributed by atoms with Crippen LogP contribution in [0.3, 0.4) is 0 Å². The number of ether oxygens (including phenoxy) is 2. The van der Waals surface area contributed by atoms with Crippen LogP contribution in [0, 0.1) is 0 Å². The minimum atomic E-state index is -0.0806. The minimum absolute atomic E-state index is 0.0806. The van der Waals surface area contributed by atoms with Crippen LogP contribution < -0.4 is 14.8 Å². The van der Waals surface area contributed by atoms with Gasteiger partial charge in [0.2, 0.25) is 0 Å². The maximum Gasteiger partial charge on any atom is 0.251 e. The minimum Gasteiger partial charge on any atom is -0.486 e. The van der Waals surface area contributed by atoms with E-state index in [-0.39, 0.29) is 11.8 Å². The lowest BCUT2D eigenvalue weighted by Gasteiger charge is -2.18. The Morgan fingerprint density at radius 3 is 2.10 bits per heavy atom. The number of aromatic nitrogens is 2. The zero-order valence-corrected chi connectivity index (χ0v) is 21.5. The van der Waals surface area contributed by atoms with E-state index in [1.165, 1.54) is 11.1 Å². The lowest BCUT2D eigenvalue weighted by Crippen LogP contribution is -2.25. The number of rotatable bonds is 8. The standard InChI is InChI=1S/C33H29N3O3/c37-33(34-18-17-28(23-7-3-1-4-8-23)24-9-5-2-6-10-24)26-13-11-25(12-14-26)29-22-30(36-35-29)27-15-16-31-32(21-27)39-20-19-38-31/h1-16,21-22,28H,17-20H2,(H,34,37)(H,35,36). The fraction of sp³-hybridized carbons (Fsp3) is 0.152. The highest BCUT2D eigenvalue weighted by atomic mass is 16.6. The van der Waals surface area contributed by atoms with E-state index in [1.54, 1.807) is 0 Å². The molecule has 1 aliphatic rings. The highest BCUT2D eigenvalue weighted by Crippen LogP contribution is 2.35. The third-order valence-corrected chi connectivity index (χ3v) is 7.00. The second-order valence-electron chi connectivity index (χ2n) is 9.52. The van der Waals surface area contributed by atoms with E-state index < -0.39 is 0 Å². The monoisotopic (exact) mass is 515 g/mol. The zero-order valence-electron chi connectivity index (χ0n) is 21.5. The molecule has 1 aliphatic heterocycles. The van der Waals surface area contributed by atoms with Crippen molar-refractivity contribution in [3.63, 3.8) is 0 Å². The topological polar surface area (TPSA) is 76.2 Å². The Morgan fingerprint density at radius 2 is 1.41 bits per heavy atom. The van der Waals surface area contributed by atoms with Crippen molar-refractivity contribution in [2.45, 2.75) is 12.3 Å². The summed E-state index contributed by atoms with van der Waals surface area (Å²) in [4.78, 5) is 12.9. The molecule has 6 rings (SSSR count). The fourth-order valence-corrected chi connectivity index (χ4v) is 4.95. The first kappa shape index (κ1) is 24.5. The van der Waals surface area contributed by atoms with Crippen molar-refractivity contribution < 1.29 is 14.3 Å². The van der Waals surface area contributed by atoms with Gasteiger partial charge in [0.15, 0.2) is 11.5 Å². The third kappa shape index (κ3) is 5.55. The van der Waals surface area contributed by atoms with Crippen molar-refractivity contribution in [3.05, 3.63) is 126 Å². The van der Waals surface area contributed by atoms with Crippen LogP contribution in [0.15, 0.2) is 109 Å². The van der Waals surface area contributed by atoms with Crippen LogP contribution in [-0.2, 0) is 0 Å². The van der Waals surface area contributed by atoms with Crippen molar-refractivity contribution in [1.82, 2.24) is 15.5 Å². The second kappa shape index (κ2) is 11.3. The summed E-state index contributed by atoms with van der Waals surface area (Å²) >= 11 is 0.